The number of thioether (sulfide) groups is 1. The molecule has 1 aromatic heterocycles. The topological polar surface area (TPSA) is 92.9 Å². The van der Waals surface area contributed by atoms with E-state index in [0.717, 1.165) is 44.6 Å². The van der Waals surface area contributed by atoms with E-state index in [1.807, 2.05) is 0 Å². The lowest BCUT2D eigenvalue weighted by Gasteiger charge is -2.30. The Balaban J connectivity index is 1.37. The van der Waals surface area contributed by atoms with E-state index in [-0.39, 0.29) is 23.7 Å². The largest absolute Gasteiger partial charge is 0.492 e. The molecule has 0 bridgehead atoms. The molecule has 0 saturated carbocycles. The third kappa shape index (κ3) is 6.52. The Morgan fingerprint density at radius 1 is 1.18 bits per heavy atom. The number of piperidine rings is 1. The van der Waals surface area contributed by atoms with Crippen molar-refractivity contribution in [2.75, 3.05) is 33.4 Å². The van der Waals surface area contributed by atoms with Crippen molar-refractivity contribution in [1.82, 2.24) is 15.0 Å². The molecule has 0 aliphatic carbocycles. The molecule has 5 rings (SSSR count). The third-order valence-electron chi connectivity index (χ3n) is 6.65. The van der Waals surface area contributed by atoms with Crippen molar-refractivity contribution >= 4 is 32.7 Å². The third-order valence-corrected chi connectivity index (χ3v) is 8.43. The van der Waals surface area contributed by atoms with Gasteiger partial charge in [0.05, 0.1) is 34.6 Å². The molecule has 8 nitrogen and oxygen atoms in total. The van der Waals surface area contributed by atoms with E-state index in [2.05, 4.69) is 35.5 Å². The number of halogens is 4. The van der Waals surface area contributed by atoms with E-state index in [1.165, 1.54) is 37.4 Å². The van der Waals surface area contributed by atoms with E-state index in [9.17, 15) is 18.0 Å². The minimum atomic E-state index is -4.39. The second kappa shape index (κ2) is 11.8. The van der Waals surface area contributed by atoms with E-state index in [4.69, 9.17) is 14.5 Å². The lowest BCUT2D eigenvalue weighted by atomic mass is 10.1. The second-order valence-electron chi connectivity index (χ2n) is 9.33. The van der Waals surface area contributed by atoms with Crippen LogP contribution in [-0.4, -0.2) is 64.7 Å². The van der Waals surface area contributed by atoms with Gasteiger partial charge >= 0.3 is 11.9 Å². The summed E-state index contributed by atoms with van der Waals surface area (Å²) in [6.45, 7) is 3.02. The molecule has 2 unspecified atom stereocenters. The summed E-state index contributed by atoms with van der Waals surface area (Å²) in [7, 11) is 1.49. The molecular formula is C26H26BrF3N4O4S. The fourth-order valence-electron chi connectivity index (χ4n) is 4.72. The normalized spacial score (nSPS) is 20.2. The fourth-order valence-corrected chi connectivity index (χ4v) is 6.35. The van der Waals surface area contributed by atoms with Gasteiger partial charge in [-0.25, -0.2) is 4.79 Å². The van der Waals surface area contributed by atoms with E-state index >= 15 is 0 Å². The van der Waals surface area contributed by atoms with E-state index in [1.54, 1.807) is 12.1 Å². The van der Waals surface area contributed by atoms with Crippen molar-refractivity contribution in [3.63, 3.8) is 0 Å². The molecule has 0 amide bonds. The molecule has 2 aliphatic rings. The van der Waals surface area contributed by atoms with Crippen LogP contribution in [0, 0.1) is 0 Å². The number of alkyl halides is 3. The predicted molar refractivity (Wildman–Crippen MR) is 146 cm³/mol. The van der Waals surface area contributed by atoms with Crippen LogP contribution in [0.15, 0.2) is 55.2 Å². The summed E-state index contributed by atoms with van der Waals surface area (Å²) >= 11 is 4.98. The molecule has 13 heteroatoms. The van der Waals surface area contributed by atoms with E-state index < -0.39 is 17.5 Å². The zero-order chi connectivity index (χ0) is 27.6. The van der Waals surface area contributed by atoms with Gasteiger partial charge in [-0.1, -0.05) is 51.4 Å². The van der Waals surface area contributed by atoms with Crippen LogP contribution >= 0.6 is 27.7 Å². The van der Waals surface area contributed by atoms with Crippen molar-refractivity contribution in [3.05, 3.63) is 62.5 Å². The molecule has 39 heavy (non-hydrogen) atoms. The number of H-pyrrole nitrogens is 1. The summed E-state index contributed by atoms with van der Waals surface area (Å²) in [6, 6.07) is 8.51. The molecule has 0 spiro atoms. The van der Waals surface area contributed by atoms with Crippen LogP contribution in [0.4, 0.5) is 13.2 Å². The van der Waals surface area contributed by atoms with Gasteiger partial charge in [-0.15, -0.1) is 0 Å². The van der Waals surface area contributed by atoms with Gasteiger partial charge in [0.1, 0.15) is 6.61 Å². The van der Waals surface area contributed by atoms with Crippen molar-refractivity contribution in [2.45, 2.75) is 36.7 Å². The van der Waals surface area contributed by atoms with Gasteiger partial charge < -0.3 is 14.4 Å². The van der Waals surface area contributed by atoms with Crippen molar-refractivity contribution in [2.24, 2.45) is 4.99 Å². The highest BCUT2D eigenvalue weighted by Crippen LogP contribution is 2.41. The Morgan fingerprint density at radius 3 is 2.56 bits per heavy atom. The summed E-state index contributed by atoms with van der Waals surface area (Å²) in [6.07, 6.45) is -0.904. The summed E-state index contributed by atoms with van der Waals surface area (Å²) in [5.74, 6) is 0.327. The number of aromatic nitrogens is 2. The number of aromatic amines is 1. The van der Waals surface area contributed by atoms with E-state index in [0.29, 0.717) is 32.1 Å². The standard InChI is InChI=1S/C26H26BrF3N4O4S/c1-36-22-18(23-32-25(35)38-33-23)11-17(27)12-20(22)37-14-21-19(13-34-9-3-2-4-10-34)31-24(39-21)15-5-7-16(8-6-15)26(28,29)30/h5-8,11-12,19,21H,2-4,9-10,13-14H2,1H3,(H,32,33,35). The first kappa shape index (κ1) is 27.8. The summed E-state index contributed by atoms with van der Waals surface area (Å²) in [5.41, 5.74) is 0.445. The fraction of sp³-hybridized carbons (Fsp3) is 0.423. The van der Waals surface area contributed by atoms with Crippen LogP contribution in [0.3, 0.4) is 0 Å². The first-order valence-electron chi connectivity index (χ1n) is 12.4. The summed E-state index contributed by atoms with van der Waals surface area (Å²) in [4.78, 5) is 21.4. The Kier molecular flexibility index (Phi) is 8.38. The smallest absolute Gasteiger partial charge is 0.439 e. The highest BCUT2D eigenvalue weighted by molar-refractivity contribution is 9.10. The summed E-state index contributed by atoms with van der Waals surface area (Å²) < 4.78 is 56.4. The van der Waals surface area contributed by atoms with Gasteiger partial charge in [0, 0.05) is 16.6 Å². The molecule has 2 aromatic carbocycles. The molecule has 3 heterocycles. The Bertz CT molecular complexity index is 1390. The SMILES string of the molecule is COc1c(OCC2SC(c3ccc(C(F)(F)F)cc3)=NC2CN2CCCCC2)cc(Br)cc1-c1noc(=O)[nH]1. The minimum Gasteiger partial charge on any atom is -0.492 e. The molecule has 3 aromatic rings. The molecule has 2 atom stereocenters. The van der Waals surface area contributed by atoms with Gasteiger partial charge in [0.2, 0.25) is 0 Å². The highest BCUT2D eigenvalue weighted by atomic mass is 79.9. The number of hydrogen-bond donors (Lipinski definition) is 1. The summed E-state index contributed by atoms with van der Waals surface area (Å²) in [5, 5.41) is 4.37. The number of likely N-dealkylation sites (tertiary alicyclic amines) is 1. The zero-order valence-electron chi connectivity index (χ0n) is 21.0. The number of nitrogens with one attached hydrogen (secondary N) is 1. The average Bonchev–Trinajstić information content (AvgIpc) is 3.53. The quantitative estimate of drug-likeness (QED) is 0.347. The molecule has 2 aliphatic heterocycles. The van der Waals surface area contributed by atoms with Crippen LogP contribution in [0.1, 0.15) is 30.4 Å². The first-order chi connectivity index (χ1) is 18.7. The van der Waals surface area contributed by atoms with Crippen LogP contribution in [0.25, 0.3) is 11.4 Å². The maximum absolute atomic E-state index is 13.1. The molecule has 1 N–H and O–H groups in total. The van der Waals surface area contributed by atoms with Crippen LogP contribution < -0.4 is 15.2 Å². The van der Waals surface area contributed by atoms with Gasteiger partial charge in [-0.05, 0) is 50.2 Å². The minimum absolute atomic E-state index is 0.0804. The van der Waals surface area contributed by atoms with Gasteiger partial charge in [-0.3, -0.25) is 14.5 Å². The van der Waals surface area contributed by atoms with Gasteiger partial charge in [0.25, 0.3) is 0 Å². The zero-order valence-corrected chi connectivity index (χ0v) is 23.4. The number of rotatable bonds is 8. The molecule has 1 saturated heterocycles. The molecular weight excluding hydrogens is 601 g/mol. The lowest BCUT2D eigenvalue weighted by Crippen LogP contribution is -2.40. The average molecular weight is 627 g/mol. The predicted octanol–water partition coefficient (Wildman–Crippen LogP) is 5.62. The van der Waals surface area contributed by atoms with Gasteiger partial charge in [0.15, 0.2) is 17.3 Å². The highest BCUT2D eigenvalue weighted by Gasteiger charge is 2.35. The Labute approximate surface area is 235 Å². The van der Waals surface area contributed by atoms with Crippen LogP contribution in [0.2, 0.25) is 0 Å². The number of methoxy groups -OCH3 is 1. The number of hydrogen-bond acceptors (Lipinski definition) is 8. The van der Waals surface area contributed by atoms with Crippen LogP contribution in [-0.2, 0) is 6.18 Å². The first-order valence-corrected chi connectivity index (χ1v) is 14.1. The maximum Gasteiger partial charge on any atom is 0.439 e. The monoisotopic (exact) mass is 626 g/mol. The molecule has 1 fully saturated rings. The Morgan fingerprint density at radius 2 is 1.92 bits per heavy atom. The van der Waals surface area contributed by atoms with Crippen molar-refractivity contribution in [3.8, 4) is 22.9 Å². The maximum atomic E-state index is 13.1. The van der Waals surface area contributed by atoms with Crippen molar-refractivity contribution in [1.29, 1.82) is 0 Å². The van der Waals surface area contributed by atoms with Gasteiger partial charge in [-0.2, -0.15) is 13.2 Å². The van der Waals surface area contributed by atoms with Crippen LogP contribution in [0.5, 0.6) is 11.5 Å². The number of aliphatic imine (C=N–C) groups is 1. The Hall–Kier alpha value is -2.77. The number of ether oxygens (including phenoxy) is 2. The second-order valence-corrected chi connectivity index (χ2v) is 11.5. The molecule has 0 radical (unpaired) electrons. The number of nitrogens with zero attached hydrogens (tertiary/aromatic N) is 3. The molecule has 208 valence electrons. The lowest BCUT2D eigenvalue weighted by molar-refractivity contribution is -0.137. The van der Waals surface area contributed by atoms with Crippen molar-refractivity contribution < 1.29 is 27.2 Å². The number of benzene rings is 2.